The summed E-state index contributed by atoms with van der Waals surface area (Å²) in [7, 11) is 0. The van der Waals surface area contributed by atoms with Crippen molar-refractivity contribution < 1.29 is 55.7 Å². The number of nitrogens with one attached hydrogen (secondary N) is 1. The second-order valence-corrected chi connectivity index (χ2v) is 8.11. The Morgan fingerprint density at radius 1 is 1.00 bits per heavy atom. The molecule has 39 heavy (non-hydrogen) atoms. The van der Waals surface area contributed by atoms with Crippen molar-refractivity contribution >= 4 is 17.8 Å². The Morgan fingerprint density at radius 3 is 2.13 bits per heavy atom. The summed E-state index contributed by atoms with van der Waals surface area (Å²) in [5.74, 6) is -5.71. The minimum Gasteiger partial charge on any atom is -0.475 e. The molecule has 11 nitrogen and oxygen atoms in total. The van der Waals surface area contributed by atoms with Crippen LogP contribution in [0.3, 0.4) is 0 Å². The predicted octanol–water partition coefficient (Wildman–Crippen LogP) is 2.30. The summed E-state index contributed by atoms with van der Waals surface area (Å²) < 4.78 is 69.5. The standard InChI is InChI=1S/C18H21N5O2.2C2HF3O2/c24-18(14-10-20-6-7-21-14)22-15-12-23(11-13-3-1-5-19-9-13)16-4-2-8-25-17(15)16;2*3-2(4,5)1(6)7/h1,3,5-7,9-10,15-17H,2,4,8,11-12H2,(H,22,24);2*(H,6,7)/t15-,16-,17-;;/m0../s1. The highest BCUT2D eigenvalue weighted by Crippen LogP contribution is 2.30. The first-order chi connectivity index (χ1) is 18.2. The van der Waals surface area contributed by atoms with E-state index < -0.39 is 24.3 Å². The van der Waals surface area contributed by atoms with Gasteiger partial charge in [-0.1, -0.05) is 6.07 Å². The molecular formula is C22H23F6N5O6. The molecule has 2 aliphatic heterocycles. The van der Waals surface area contributed by atoms with Crippen LogP contribution in [0.2, 0.25) is 0 Å². The first-order valence-electron chi connectivity index (χ1n) is 11.1. The number of likely N-dealkylation sites (tertiary alicyclic amines) is 1. The number of aromatic nitrogens is 3. The van der Waals surface area contributed by atoms with Gasteiger partial charge in [0.2, 0.25) is 0 Å². The van der Waals surface area contributed by atoms with Gasteiger partial charge in [-0.2, -0.15) is 26.3 Å². The Bertz CT molecular complexity index is 1070. The largest absolute Gasteiger partial charge is 0.490 e. The smallest absolute Gasteiger partial charge is 0.475 e. The summed E-state index contributed by atoms with van der Waals surface area (Å²) in [6.45, 7) is 2.32. The number of carbonyl (C=O) groups is 3. The molecule has 0 saturated carbocycles. The van der Waals surface area contributed by atoms with E-state index in [-0.39, 0.29) is 18.1 Å². The van der Waals surface area contributed by atoms with E-state index >= 15 is 0 Å². The number of ether oxygens (including phenoxy) is 1. The van der Waals surface area contributed by atoms with E-state index in [4.69, 9.17) is 24.5 Å². The maximum absolute atomic E-state index is 12.4. The van der Waals surface area contributed by atoms with Gasteiger partial charge in [-0.3, -0.25) is 19.7 Å². The Balaban J connectivity index is 0.000000317. The van der Waals surface area contributed by atoms with Crippen LogP contribution >= 0.6 is 0 Å². The minimum absolute atomic E-state index is 0.0195. The molecule has 3 atom stereocenters. The van der Waals surface area contributed by atoms with Gasteiger partial charge in [0.05, 0.1) is 18.3 Å². The normalized spacial score (nSPS) is 20.8. The lowest BCUT2D eigenvalue weighted by atomic mass is 10.0. The van der Waals surface area contributed by atoms with Gasteiger partial charge in [-0.25, -0.2) is 14.6 Å². The van der Waals surface area contributed by atoms with Crippen LogP contribution in [0.4, 0.5) is 26.3 Å². The molecule has 0 spiro atoms. The highest BCUT2D eigenvalue weighted by molar-refractivity contribution is 5.92. The number of halogens is 6. The van der Waals surface area contributed by atoms with Crippen molar-refractivity contribution in [3.63, 3.8) is 0 Å². The van der Waals surface area contributed by atoms with Gasteiger partial charge in [0, 0.05) is 50.5 Å². The van der Waals surface area contributed by atoms with Crippen molar-refractivity contribution in [2.45, 2.75) is 49.9 Å². The molecule has 0 radical (unpaired) electrons. The van der Waals surface area contributed by atoms with E-state index in [0.29, 0.717) is 11.7 Å². The number of nitrogens with zero attached hydrogens (tertiary/aromatic N) is 4. The van der Waals surface area contributed by atoms with Crippen molar-refractivity contribution in [2.24, 2.45) is 0 Å². The van der Waals surface area contributed by atoms with Gasteiger partial charge in [0.1, 0.15) is 5.69 Å². The van der Waals surface area contributed by atoms with Crippen molar-refractivity contribution in [1.82, 2.24) is 25.2 Å². The Labute approximate surface area is 216 Å². The van der Waals surface area contributed by atoms with Crippen molar-refractivity contribution in [1.29, 1.82) is 0 Å². The van der Waals surface area contributed by atoms with Crippen LogP contribution in [-0.4, -0.2) is 91.6 Å². The fraction of sp³-hybridized carbons (Fsp3) is 0.455. The second-order valence-electron chi connectivity index (χ2n) is 8.11. The van der Waals surface area contributed by atoms with E-state index in [1.54, 1.807) is 12.4 Å². The molecule has 2 saturated heterocycles. The molecule has 2 aromatic rings. The molecule has 4 heterocycles. The van der Waals surface area contributed by atoms with Crippen LogP contribution in [-0.2, 0) is 20.9 Å². The summed E-state index contributed by atoms with van der Waals surface area (Å²) in [5.41, 5.74) is 1.51. The zero-order valence-electron chi connectivity index (χ0n) is 19.9. The zero-order chi connectivity index (χ0) is 29.2. The molecule has 0 aromatic carbocycles. The molecule has 2 fully saturated rings. The zero-order valence-corrected chi connectivity index (χ0v) is 19.9. The number of hydrogen-bond donors (Lipinski definition) is 3. The Kier molecular flexibility index (Phi) is 11.1. The number of amides is 1. The summed E-state index contributed by atoms with van der Waals surface area (Å²) in [5, 5.41) is 17.3. The lowest BCUT2D eigenvalue weighted by Crippen LogP contribution is -2.47. The molecule has 0 unspecified atom stereocenters. The lowest BCUT2D eigenvalue weighted by molar-refractivity contribution is -0.193. The molecule has 0 bridgehead atoms. The Morgan fingerprint density at radius 2 is 1.62 bits per heavy atom. The number of hydrogen-bond acceptors (Lipinski definition) is 8. The molecule has 214 valence electrons. The number of rotatable bonds is 4. The quantitative estimate of drug-likeness (QED) is 0.469. The first-order valence-corrected chi connectivity index (χ1v) is 11.1. The van der Waals surface area contributed by atoms with Gasteiger partial charge in [0.25, 0.3) is 5.91 Å². The topological polar surface area (TPSA) is 155 Å². The third-order valence-electron chi connectivity index (χ3n) is 5.34. The van der Waals surface area contributed by atoms with Crippen LogP contribution in [0, 0.1) is 0 Å². The maximum atomic E-state index is 12.4. The van der Waals surface area contributed by atoms with Crippen LogP contribution in [0.5, 0.6) is 0 Å². The van der Waals surface area contributed by atoms with E-state index in [0.717, 1.165) is 32.5 Å². The SMILES string of the molecule is O=C(N[C@H]1CN(Cc2cccnc2)[C@H]2CCCO[C@@H]12)c1cnccn1.O=C(O)C(F)(F)F.O=C(O)C(F)(F)F. The molecule has 3 N–H and O–H groups in total. The van der Waals surface area contributed by atoms with Crippen LogP contribution < -0.4 is 5.32 Å². The van der Waals surface area contributed by atoms with E-state index in [2.05, 4.69) is 31.2 Å². The third-order valence-corrected chi connectivity index (χ3v) is 5.34. The van der Waals surface area contributed by atoms with Gasteiger partial charge in [-0.05, 0) is 24.5 Å². The Hall–Kier alpha value is -3.86. The maximum Gasteiger partial charge on any atom is 0.490 e. The molecule has 2 aliphatic rings. The van der Waals surface area contributed by atoms with E-state index in [9.17, 15) is 31.1 Å². The van der Waals surface area contributed by atoms with E-state index in [1.165, 1.54) is 18.0 Å². The van der Waals surface area contributed by atoms with Crippen molar-refractivity contribution in [3.05, 3.63) is 54.4 Å². The van der Waals surface area contributed by atoms with E-state index in [1.807, 2.05) is 12.3 Å². The fourth-order valence-electron chi connectivity index (χ4n) is 3.75. The average molecular weight is 567 g/mol. The number of carboxylic acid groups (broad SMARTS) is 2. The van der Waals surface area contributed by atoms with Gasteiger partial charge < -0.3 is 20.3 Å². The van der Waals surface area contributed by atoms with Gasteiger partial charge in [0.15, 0.2) is 0 Å². The second kappa shape index (κ2) is 13.8. The minimum atomic E-state index is -5.08. The number of alkyl halides is 6. The monoisotopic (exact) mass is 567 g/mol. The number of aliphatic carboxylic acids is 2. The molecule has 4 rings (SSSR count). The molecule has 17 heteroatoms. The lowest BCUT2D eigenvalue weighted by Gasteiger charge is -2.32. The number of pyridine rings is 1. The van der Waals surface area contributed by atoms with Crippen molar-refractivity contribution in [2.75, 3.05) is 13.2 Å². The molecule has 0 aliphatic carbocycles. The predicted molar refractivity (Wildman–Crippen MR) is 118 cm³/mol. The number of carbonyl (C=O) groups excluding carboxylic acids is 1. The van der Waals surface area contributed by atoms with Gasteiger partial charge in [-0.15, -0.1) is 0 Å². The highest BCUT2D eigenvalue weighted by Gasteiger charge is 2.44. The molecular weight excluding hydrogens is 544 g/mol. The summed E-state index contributed by atoms with van der Waals surface area (Å²) in [6, 6.07) is 4.31. The highest BCUT2D eigenvalue weighted by atomic mass is 19.4. The average Bonchev–Trinajstić information content (AvgIpc) is 3.21. The van der Waals surface area contributed by atoms with Crippen molar-refractivity contribution in [3.8, 4) is 0 Å². The summed E-state index contributed by atoms with van der Waals surface area (Å²) >= 11 is 0. The molecule has 2 aromatic heterocycles. The fourth-order valence-corrected chi connectivity index (χ4v) is 3.75. The summed E-state index contributed by atoms with van der Waals surface area (Å²) in [4.78, 5) is 44.9. The van der Waals surface area contributed by atoms with Crippen LogP contribution in [0.1, 0.15) is 28.9 Å². The van der Waals surface area contributed by atoms with Gasteiger partial charge >= 0.3 is 24.3 Å². The first kappa shape index (κ1) is 31.4. The third kappa shape index (κ3) is 10.1. The van der Waals surface area contributed by atoms with Crippen LogP contribution in [0.25, 0.3) is 0 Å². The van der Waals surface area contributed by atoms with Crippen LogP contribution in [0.15, 0.2) is 43.1 Å². The molecule has 1 amide bonds. The number of carboxylic acids is 2. The summed E-state index contributed by atoms with van der Waals surface area (Å²) in [6.07, 6.45) is 0.231. The number of fused-ring (bicyclic) bond motifs is 1.